The molecule has 26 heavy (non-hydrogen) atoms. The Hall–Kier alpha value is -3.33. The van der Waals surface area contributed by atoms with Gasteiger partial charge in [-0.05, 0) is 38.1 Å². The third-order valence-electron chi connectivity index (χ3n) is 4.02. The molecule has 2 amide bonds. The first kappa shape index (κ1) is 19.0. The van der Waals surface area contributed by atoms with Crippen LogP contribution in [0, 0.1) is 16.7 Å². The molecule has 2 aromatic rings. The Morgan fingerprint density at radius 3 is 2.54 bits per heavy atom. The van der Waals surface area contributed by atoms with Crippen molar-refractivity contribution in [3.8, 4) is 11.8 Å². The van der Waals surface area contributed by atoms with Gasteiger partial charge in [-0.25, -0.2) is 0 Å². The molecule has 134 valence electrons. The zero-order valence-electron chi connectivity index (χ0n) is 15.0. The van der Waals surface area contributed by atoms with Crippen LogP contribution in [0.4, 0.5) is 5.69 Å². The van der Waals surface area contributed by atoms with E-state index in [1.165, 1.54) is 0 Å². The second kappa shape index (κ2) is 8.17. The molecule has 0 aromatic heterocycles. The summed E-state index contributed by atoms with van der Waals surface area (Å²) in [5.74, 6) is -0.189. The minimum atomic E-state index is -1.29. The largest absolute Gasteiger partial charge is 0.496 e. The maximum Gasteiger partial charge on any atom is 0.239 e. The van der Waals surface area contributed by atoms with E-state index >= 15 is 0 Å². The van der Waals surface area contributed by atoms with Gasteiger partial charge in [0.1, 0.15) is 11.2 Å². The van der Waals surface area contributed by atoms with Crippen LogP contribution in [0.5, 0.6) is 5.75 Å². The lowest BCUT2D eigenvalue weighted by atomic mass is 9.90. The Bertz CT molecular complexity index is 853. The molecule has 0 radical (unpaired) electrons. The Balaban J connectivity index is 2.04. The predicted molar refractivity (Wildman–Crippen MR) is 98.4 cm³/mol. The van der Waals surface area contributed by atoms with Crippen LogP contribution in [0.15, 0.2) is 48.5 Å². The van der Waals surface area contributed by atoms with Crippen LogP contribution in [0.25, 0.3) is 0 Å². The molecule has 6 nitrogen and oxygen atoms in total. The van der Waals surface area contributed by atoms with Crippen molar-refractivity contribution in [1.82, 2.24) is 5.32 Å². The molecular weight excluding hydrogens is 330 g/mol. The standard InChI is InChI=1S/C20H21N3O3/c1-20(2,19(25)23-16-9-6-7-14(11-16)12-21)18(24)22-13-15-8-4-5-10-17(15)26-3/h4-11H,13H2,1-3H3,(H,22,24)(H,23,25). The number of nitriles is 1. The number of carbonyl (C=O) groups excluding carboxylic acids is 2. The molecule has 0 fully saturated rings. The molecule has 0 aliphatic heterocycles. The van der Waals surface area contributed by atoms with Crippen LogP contribution in [0.1, 0.15) is 25.0 Å². The minimum Gasteiger partial charge on any atom is -0.496 e. The highest BCUT2D eigenvalue weighted by atomic mass is 16.5. The Kier molecular flexibility index (Phi) is 5.97. The predicted octanol–water partition coefficient (Wildman–Crippen LogP) is 2.85. The third-order valence-corrected chi connectivity index (χ3v) is 4.02. The van der Waals surface area contributed by atoms with Crippen LogP contribution in [0.2, 0.25) is 0 Å². The number of hydrogen-bond acceptors (Lipinski definition) is 4. The summed E-state index contributed by atoms with van der Waals surface area (Å²) in [6.45, 7) is 3.35. The van der Waals surface area contributed by atoms with Gasteiger partial charge in [-0.2, -0.15) is 5.26 Å². The fraction of sp³-hybridized carbons (Fsp3) is 0.250. The topological polar surface area (TPSA) is 91.2 Å². The lowest BCUT2D eigenvalue weighted by Gasteiger charge is -2.23. The summed E-state index contributed by atoms with van der Waals surface area (Å²) in [7, 11) is 1.56. The number of anilines is 1. The Morgan fingerprint density at radius 1 is 1.12 bits per heavy atom. The molecule has 0 heterocycles. The second-order valence-corrected chi connectivity index (χ2v) is 6.27. The van der Waals surface area contributed by atoms with Gasteiger partial charge >= 0.3 is 0 Å². The summed E-state index contributed by atoms with van der Waals surface area (Å²) in [5.41, 5.74) is 0.437. The first-order valence-corrected chi connectivity index (χ1v) is 8.10. The van der Waals surface area contributed by atoms with E-state index in [9.17, 15) is 9.59 Å². The molecule has 2 rings (SSSR count). The summed E-state index contributed by atoms with van der Waals surface area (Å²) in [5, 5.41) is 14.4. The SMILES string of the molecule is COc1ccccc1CNC(=O)C(C)(C)C(=O)Nc1cccc(C#N)c1. The number of methoxy groups -OCH3 is 1. The molecule has 2 aromatic carbocycles. The molecular formula is C20H21N3O3. The number of rotatable bonds is 6. The number of amides is 2. The highest BCUT2D eigenvalue weighted by Gasteiger charge is 2.36. The number of benzene rings is 2. The summed E-state index contributed by atoms with van der Waals surface area (Å²) in [6.07, 6.45) is 0. The van der Waals surface area contributed by atoms with Crippen LogP contribution >= 0.6 is 0 Å². The van der Waals surface area contributed by atoms with E-state index in [4.69, 9.17) is 10.00 Å². The zero-order valence-corrected chi connectivity index (χ0v) is 15.0. The van der Waals surface area contributed by atoms with Crippen molar-refractivity contribution in [3.63, 3.8) is 0 Å². The molecule has 6 heteroatoms. The van der Waals surface area contributed by atoms with E-state index in [1.54, 1.807) is 45.2 Å². The molecule has 2 N–H and O–H groups in total. The quantitative estimate of drug-likeness (QED) is 0.783. The number of hydrogen-bond donors (Lipinski definition) is 2. The average molecular weight is 351 g/mol. The first-order chi connectivity index (χ1) is 12.4. The zero-order chi connectivity index (χ0) is 19.2. The van der Waals surface area contributed by atoms with E-state index in [-0.39, 0.29) is 6.54 Å². The average Bonchev–Trinajstić information content (AvgIpc) is 2.66. The maximum atomic E-state index is 12.5. The number of nitrogens with zero attached hydrogens (tertiary/aromatic N) is 1. The van der Waals surface area contributed by atoms with Crippen LogP contribution in [-0.2, 0) is 16.1 Å². The number of para-hydroxylation sites is 1. The van der Waals surface area contributed by atoms with Crippen molar-refractivity contribution >= 4 is 17.5 Å². The van der Waals surface area contributed by atoms with E-state index in [0.29, 0.717) is 17.0 Å². The van der Waals surface area contributed by atoms with E-state index in [0.717, 1.165) is 5.56 Å². The summed E-state index contributed by atoms with van der Waals surface area (Å²) >= 11 is 0. The van der Waals surface area contributed by atoms with Gasteiger partial charge in [0.2, 0.25) is 11.8 Å². The molecule has 0 aliphatic rings. The van der Waals surface area contributed by atoms with Gasteiger partial charge in [0, 0.05) is 17.8 Å². The fourth-order valence-electron chi connectivity index (χ4n) is 2.30. The van der Waals surface area contributed by atoms with Crippen LogP contribution in [-0.4, -0.2) is 18.9 Å². The molecule has 0 unspecified atom stereocenters. The van der Waals surface area contributed by atoms with Crippen molar-refractivity contribution in [2.24, 2.45) is 5.41 Å². The molecule has 0 spiro atoms. The third kappa shape index (κ3) is 4.39. The van der Waals surface area contributed by atoms with Gasteiger partial charge in [-0.15, -0.1) is 0 Å². The van der Waals surface area contributed by atoms with Crippen LogP contribution in [0.3, 0.4) is 0 Å². The van der Waals surface area contributed by atoms with E-state index in [2.05, 4.69) is 10.6 Å². The van der Waals surface area contributed by atoms with Crippen molar-refractivity contribution in [2.75, 3.05) is 12.4 Å². The Morgan fingerprint density at radius 2 is 1.85 bits per heavy atom. The smallest absolute Gasteiger partial charge is 0.239 e. The summed E-state index contributed by atoms with van der Waals surface area (Å²) < 4.78 is 5.25. The van der Waals surface area contributed by atoms with Gasteiger partial charge in [0.05, 0.1) is 18.7 Å². The van der Waals surface area contributed by atoms with E-state index < -0.39 is 17.2 Å². The molecule has 0 aliphatic carbocycles. The summed E-state index contributed by atoms with van der Waals surface area (Å²) in [6, 6.07) is 15.9. The van der Waals surface area contributed by atoms with Crippen molar-refractivity contribution < 1.29 is 14.3 Å². The lowest BCUT2D eigenvalue weighted by Crippen LogP contribution is -2.44. The number of carbonyl (C=O) groups is 2. The van der Waals surface area contributed by atoms with Gasteiger partial charge < -0.3 is 15.4 Å². The highest BCUT2D eigenvalue weighted by molar-refractivity contribution is 6.09. The van der Waals surface area contributed by atoms with Gasteiger partial charge in [-0.3, -0.25) is 9.59 Å². The number of nitrogens with one attached hydrogen (secondary N) is 2. The van der Waals surface area contributed by atoms with Gasteiger partial charge in [0.25, 0.3) is 0 Å². The van der Waals surface area contributed by atoms with Gasteiger partial charge in [-0.1, -0.05) is 24.3 Å². The molecule has 0 atom stereocenters. The molecule has 0 bridgehead atoms. The van der Waals surface area contributed by atoms with Crippen molar-refractivity contribution in [2.45, 2.75) is 20.4 Å². The monoisotopic (exact) mass is 351 g/mol. The second-order valence-electron chi connectivity index (χ2n) is 6.27. The maximum absolute atomic E-state index is 12.5. The van der Waals surface area contributed by atoms with Crippen molar-refractivity contribution in [1.29, 1.82) is 5.26 Å². The van der Waals surface area contributed by atoms with Crippen molar-refractivity contribution in [3.05, 3.63) is 59.7 Å². The van der Waals surface area contributed by atoms with E-state index in [1.807, 2.05) is 30.3 Å². The normalized spacial score (nSPS) is 10.5. The highest BCUT2D eigenvalue weighted by Crippen LogP contribution is 2.21. The lowest BCUT2D eigenvalue weighted by molar-refractivity contribution is -0.138. The summed E-state index contributed by atoms with van der Waals surface area (Å²) in [4.78, 5) is 25.1. The van der Waals surface area contributed by atoms with Crippen LogP contribution < -0.4 is 15.4 Å². The van der Waals surface area contributed by atoms with Gasteiger partial charge in [0.15, 0.2) is 0 Å². The number of ether oxygens (including phenoxy) is 1. The Labute approximate surface area is 152 Å². The first-order valence-electron chi connectivity index (χ1n) is 8.10. The fourth-order valence-corrected chi connectivity index (χ4v) is 2.30. The molecule has 0 saturated heterocycles. The minimum absolute atomic E-state index is 0.253. The molecule has 0 saturated carbocycles.